The summed E-state index contributed by atoms with van der Waals surface area (Å²) in [4.78, 5) is 7.99. The largest absolute Gasteiger partial charge is 0.265 e. The van der Waals surface area contributed by atoms with E-state index in [0.29, 0.717) is 83.2 Å². The molecule has 0 saturated heterocycles. The van der Waals surface area contributed by atoms with Crippen molar-refractivity contribution in [2.24, 2.45) is 101 Å². The molecular weight excluding hydrogens is 1450 g/mol. The molecule has 0 bridgehead atoms. The van der Waals surface area contributed by atoms with E-state index in [1.54, 1.807) is 0 Å². The molecule has 0 aliphatic heterocycles. The third kappa shape index (κ3) is 52.4. The lowest BCUT2D eigenvalue weighted by molar-refractivity contribution is 0.141. The van der Waals surface area contributed by atoms with Gasteiger partial charge in [0.05, 0.1) is 0 Å². The molecule has 7 atom stereocenters. The SMILES string of the molecule is C.CC(C)(C)C1CC1.CC(C)(C)C1CCC1.CC(C)(C)Cc1ccccc1.CC(C)(C)Cc1ccncc1.CC(C)C(C)C(C)(C)C.CC(C1CCCCC1)C(C)(C)C.CC(c1ccc2ccccc2c1)C(C)(C)C.CC(c1ccccc1)C(C)(C)C.CC(c1ccncc1)C(C)(C)C.CCC(C)C(C)(C)C.Cc1ccc(C(C)C(C)(C)C)cc1. The molecule has 684 valence electrons. The van der Waals surface area contributed by atoms with Crippen LogP contribution in [0.15, 0.2) is 176 Å². The van der Waals surface area contributed by atoms with E-state index >= 15 is 0 Å². The van der Waals surface area contributed by atoms with Crippen molar-refractivity contribution in [1.82, 2.24) is 9.97 Å². The predicted molar refractivity (Wildman–Crippen MR) is 548 cm³/mol. The molecule has 0 radical (unpaired) electrons. The fourth-order valence-electron chi connectivity index (χ4n) is 14.2. The van der Waals surface area contributed by atoms with Gasteiger partial charge in [-0.1, -0.05) is 483 Å². The van der Waals surface area contributed by atoms with Gasteiger partial charge in [-0.3, -0.25) is 9.97 Å². The van der Waals surface area contributed by atoms with Gasteiger partial charge in [0.1, 0.15) is 0 Å². The van der Waals surface area contributed by atoms with Crippen molar-refractivity contribution < 1.29 is 0 Å². The lowest BCUT2D eigenvalue weighted by Crippen LogP contribution is -2.27. The molecule has 0 spiro atoms. The van der Waals surface area contributed by atoms with E-state index in [0.717, 1.165) is 54.3 Å². The van der Waals surface area contributed by atoms with E-state index in [2.05, 4.69) is 466 Å². The molecule has 3 aliphatic carbocycles. The van der Waals surface area contributed by atoms with Gasteiger partial charge in [-0.05, 0) is 239 Å². The third-order valence-corrected chi connectivity index (χ3v) is 26.9. The monoisotopic (exact) mass is 1650 g/mol. The van der Waals surface area contributed by atoms with E-state index in [4.69, 9.17) is 0 Å². The molecule has 120 heavy (non-hydrogen) atoms. The van der Waals surface area contributed by atoms with Crippen LogP contribution in [0.3, 0.4) is 0 Å². The van der Waals surface area contributed by atoms with Crippen LogP contribution in [-0.4, -0.2) is 9.97 Å². The molecule has 5 aromatic carbocycles. The molecule has 2 heterocycles. The minimum absolute atomic E-state index is 0. The highest BCUT2D eigenvalue weighted by Gasteiger charge is 2.34. The Kier molecular flexibility index (Phi) is 51.7. The smallest absolute Gasteiger partial charge is 0.0270 e. The standard InChI is InChI=1S/C16H20.C13H20.C12H24.C12H18.C11H17N.C11H16.C10H15N.C9H20.C8H16.C8H18.C7H14.CH4/c1-12(16(2,3)4)14-10-9-13-7-5-6-8-15(13)11-14;1-10-6-8-12(9-7-10)11(2)13(3,4)5;2*1-10(12(2,3)4)11-8-6-5-7-9-11;1-9(11(2,3)4)10-5-7-12-8-6-10;1-11(2,3)9-10-7-5-4-6-8-10;1-10(2,3)8-9-4-6-11-7-5-9;1-7(2)8(3)9(4,5)6;1-8(2,3)7-5-4-6-7;1-6-7(2)8(3,4)5;1-7(2,3)6-4-5-6;/h5-12H,1-4H3;6-9,11H,1-5H3;10-11H,5-9H2,1-4H3;5-10H,1-4H3;5-9H,1-4H3;4-8H,9H2,1-3H3;4-7H,8H2,1-3H3;7-8H,1-6H3;7H,4-6H2,1-3H3;7H,6H2,1-5H3;6H,4-5H2,1-3H3;1H4. The van der Waals surface area contributed by atoms with Crippen LogP contribution in [0.25, 0.3) is 10.8 Å². The highest BCUT2D eigenvalue weighted by Crippen LogP contribution is 2.45. The lowest BCUT2D eigenvalue weighted by Gasteiger charge is -2.37. The fourth-order valence-corrected chi connectivity index (χ4v) is 14.2. The Bertz CT molecular complexity index is 3530. The summed E-state index contributed by atoms with van der Waals surface area (Å²) >= 11 is 0. The molecule has 0 amide bonds. The maximum absolute atomic E-state index is 4.01. The topological polar surface area (TPSA) is 25.8 Å². The van der Waals surface area contributed by atoms with Crippen molar-refractivity contribution in [1.29, 1.82) is 0 Å². The second-order valence-electron chi connectivity index (χ2n) is 49.1. The van der Waals surface area contributed by atoms with Crippen LogP contribution in [0.2, 0.25) is 0 Å². The van der Waals surface area contributed by atoms with E-state index in [-0.39, 0.29) is 7.43 Å². The van der Waals surface area contributed by atoms with E-state index in [1.165, 1.54) is 120 Å². The average Bonchev–Trinajstić information content (AvgIpc) is 0.863. The molecule has 3 saturated carbocycles. The molecule has 0 N–H and O–H groups in total. The van der Waals surface area contributed by atoms with Gasteiger partial charge in [0.2, 0.25) is 0 Å². The van der Waals surface area contributed by atoms with Crippen molar-refractivity contribution in [2.75, 3.05) is 0 Å². The van der Waals surface area contributed by atoms with Crippen LogP contribution in [0.1, 0.15) is 438 Å². The minimum atomic E-state index is 0. The van der Waals surface area contributed by atoms with Crippen molar-refractivity contribution in [3.8, 4) is 0 Å². The Balaban J connectivity index is 0. The summed E-state index contributed by atoms with van der Waals surface area (Å²) in [5, 5.41) is 2.67. The molecule has 7 unspecified atom stereocenters. The number of rotatable bonds is 9. The number of hydrogen-bond donors (Lipinski definition) is 0. The van der Waals surface area contributed by atoms with E-state index in [1.807, 2.05) is 24.8 Å². The van der Waals surface area contributed by atoms with E-state index in [9.17, 15) is 0 Å². The third-order valence-electron chi connectivity index (χ3n) is 26.9. The van der Waals surface area contributed by atoms with Crippen LogP contribution >= 0.6 is 0 Å². The van der Waals surface area contributed by atoms with Gasteiger partial charge < -0.3 is 0 Å². The summed E-state index contributed by atoms with van der Waals surface area (Å²) in [6.07, 6.45) is 25.8. The van der Waals surface area contributed by atoms with Crippen LogP contribution in [0.4, 0.5) is 0 Å². The zero-order valence-electron chi connectivity index (χ0n) is 87.2. The summed E-state index contributed by atoms with van der Waals surface area (Å²) in [6, 6.07) is 53.9. The summed E-state index contributed by atoms with van der Waals surface area (Å²) in [5.74, 6) is 8.88. The van der Waals surface area contributed by atoms with Gasteiger partial charge in [0.15, 0.2) is 0 Å². The van der Waals surface area contributed by atoms with Crippen LogP contribution in [0, 0.1) is 108 Å². The number of aryl methyl sites for hydroxylation is 1. The first kappa shape index (κ1) is 117. The second kappa shape index (κ2) is 53.2. The molecule has 2 heteroatoms. The Morgan fingerprint density at radius 2 is 0.642 bits per heavy atom. The summed E-state index contributed by atoms with van der Waals surface area (Å²) in [7, 11) is 0. The molecule has 3 aliphatic rings. The Morgan fingerprint density at radius 3 is 0.933 bits per heavy atom. The van der Waals surface area contributed by atoms with Gasteiger partial charge in [-0.2, -0.15) is 0 Å². The van der Waals surface area contributed by atoms with Gasteiger partial charge in [0, 0.05) is 24.8 Å². The highest BCUT2D eigenvalue weighted by molar-refractivity contribution is 5.83. The van der Waals surface area contributed by atoms with Crippen molar-refractivity contribution in [3.63, 3.8) is 0 Å². The Labute approximate surface area is 751 Å². The first-order valence-electron chi connectivity index (χ1n) is 47.6. The first-order valence-corrected chi connectivity index (χ1v) is 47.6. The fraction of sp³-hybridized carbons (Fsp3) is 0.678. The van der Waals surface area contributed by atoms with Crippen LogP contribution in [-0.2, 0) is 12.8 Å². The quantitative estimate of drug-likeness (QED) is 0.144. The van der Waals surface area contributed by atoms with Crippen LogP contribution in [0.5, 0.6) is 0 Å². The maximum atomic E-state index is 4.01. The van der Waals surface area contributed by atoms with E-state index < -0.39 is 0 Å². The number of pyridine rings is 2. The number of aromatic nitrogens is 2. The zero-order valence-corrected chi connectivity index (χ0v) is 87.2. The number of fused-ring (bicyclic) bond motifs is 1. The van der Waals surface area contributed by atoms with Crippen LogP contribution < -0.4 is 0 Å². The van der Waals surface area contributed by atoms with Crippen molar-refractivity contribution in [3.05, 3.63) is 215 Å². The first-order chi connectivity index (χ1) is 54.1. The van der Waals surface area contributed by atoms with Gasteiger partial charge in [0.25, 0.3) is 0 Å². The van der Waals surface area contributed by atoms with Crippen molar-refractivity contribution in [2.45, 2.75) is 419 Å². The molecular formula is C118H202N2. The molecule has 7 aromatic rings. The number of nitrogens with zero attached hydrogens (tertiary/aromatic N) is 2. The Morgan fingerprint density at radius 1 is 0.308 bits per heavy atom. The predicted octanol–water partition coefficient (Wildman–Crippen LogP) is 38.7. The Hall–Kier alpha value is -5.34. The average molecular weight is 1650 g/mol. The minimum Gasteiger partial charge on any atom is -0.265 e. The number of hydrogen-bond acceptors (Lipinski definition) is 2. The zero-order chi connectivity index (χ0) is 92.2. The second-order valence-corrected chi connectivity index (χ2v) is 49.1. The van der Waals surface area contributed by atoms with Gasteiger partial charge >= 0.3 is 0 Å². The summed E-state index contributed by atoms with van der Waals surface area (Å²) in [6.45, 7) is 101. The maximum Gasteiger partial charge on any atom is 0.0270 e. The number of benzene rings is 5. The summed E-state index contributed by atoms with van der Waals surface area (Å²) < 4.78 is 0. The molecule has 2 aromatic heterocycles. The van der Waals surface area contributed by atoms with Crippen molar-refractivity contribution >= 4 is 10.8 Å². The van der Waals surface area contributed by atoms with Gasteiger partial charge in [-0.15, -0.1) is 0 Å². The normalized spacial score (nSPS) is 15.9. The molecule has 3 fully saturated rings. The molecule has 2 nitrogen and oxygen atoms in total. The molecule has 10 rings (SSSR count). The highest BCUT2D eigenvalue weighted by atomic mass is 14.6. The lowest BCUT2D eigenvalue weighted by atomic mass is 9.69. The van der Waals surface area contributed by atoms with Gasteiger partial charge in [-0.25, -0.2) is 0 Å². The summed E-state index contributed by atoms with van der Waals surface area (Å²) in [5.41, 5.74) is 14.7.